The van der Waals surface area contributed by atoms with Gasteiger partial charge in [0.2, 0.25) is 0 Å². The van der Waals surface area contributed by atoms with Crippen molar-refractivity contribution < 1.29 is 14.3 Å². The molecular weight excluding hydrogens is 288 g/mol. The molecule has 0 unspecified atom stereocenters. The Hall–Kier alpha value is -1.64. The van der Waals surface area contributed by atoms with Crippen LogP contribution in [0.25, 0.3) is 0 Å². The second-order valence-corrected chi connectivity index (χ2v) is 6.90. The third-order valence-electron chi connectivity index (χ3n) is 3.76. The lowest BCUT2D eigenvalue weighted by atomic mass is 10.0. The van der Waals surface area contributed by atoms with Crippen LogP contribution in [0.2, 0.25) is 0 Å². The first-order valence-corrected chi connectivity index (χ1v) is 8.64. The zero-order chi connectivity index (χ0) is 17.2. The lowest BCUT2D eigenvalue weighted by Gasteiger charge is -2.08. The molecule has 0 atom stereocenters. The third-order valence-corrected chi connectivity index (χ3v) is 3.76. The van der Waals surface area contributed by atoms with E-state index in [0.29, 0.717) is 31.8 Å². The number of esters is 1. The first kappa shape index (κ1) is 19.4. The second kappa shape index (κ2) is 10.2. The number of ether oxygens (including phenoxy) is 1. The van der Waals surface area contributed by atoms with Crippen LogP contribution in [0.1, 0.15) is 64.5 Å². The highest BCUT2D eigenvalue weighted by Crippen LogP contribution is 2.11. The number of benzene rings is 1. The third kappa shape index (κ3) is 8.53. The van der Waals surface area contributed by atoms with Crippen molar-refractivity contribution in [2.24, 2.45) is 11.8 Å². The van der Waals surface area contributed by atoms with E-state index in [9.17, 15) is 9.59 Å². The molecular formula is C20H30O3. The van der Waals surface area contributed by atoms with E-state index >= 15 is 0 Å². The van der Waals surface area contributed by atoms with Crippen molar-refractivity contribution >= 4 is 11.8 Å². The molecule has 0 saturated carbocycles. The Balaban J connectivity index is 2.21. The number of unbranched alkanes of at least 4 members (excludes halogenated alkanes) is 1. The number of carbonyl (C=O) groups is 2. The van der Waals surface area contributed by atoms with Gasteiger partial charge in [-0.05, 0) is 36.3 Å². The van der Waals surface area contributed by atoms with Crippen molar-refractivity contribution in [1.29, 1.82) is 0 Å². The summed E-state index contributed by atoms with van der Waals surface area (Å²) in [5, 5.41) is 0. The largest absolute Gasteiger partial charge is 0.461 e. The van der Waals surface area contributed by atoms with Crippen molar-refractivity contribution in [3.05, 3.63) is 35.4 Å². The van der Waals surface area contributed by atoms with Gasteiger partial charge in [-0.3, -0.25) is 9.59 Å². The van der Waals surface area contributed by atoms with E-state index in [1.54, 1.807) is 0 Å². The summed E-state index contributed by atoms with van der Waals surface area (Å²) in [6.07, 6.45) is 3.48. The van der Waals surface area contributed by atoms with Gasteiger partial charge in [0.05, 0.1) is 0 Å². The van der Waals surface area contributed by atoms with Crippen LogP contribution in [0, 0.1) is 11.8 Å². The molecule has 0 heterocycles. The molecule has 0 saturated heterocycles. The predicted octanol–water partition coefficient (Wildman–Crippen LogP) is 4.71. The zero-order valence-electron chi connectivity index (χ0n) is 14.9. The number of hydrogen-bond donors (Lipinski definition) is 0. The Kier molecular flexibility index (Phi) is 8.60. The SMILES string of the molecule is CC(C)Cc1ccc(COC(=O)CCCCC(=O)C(C)C)cc1. The van der Waals surface area contributed by atoms with E-state index in [4.69, 9.17) is 4.74 Å². The highest BCUT2D eigenvalue weighted by atomic mass is 16.5. The summed E-state index contributed by atoms with van der Waals surface area (Å²) in [6.45, 7) is 8.53. The average Bonchev–Trinajstić information content (AvgIpc) is 2.50. The molecule has 0 bridgehead atoms. The van der Waals surface area contributed by atoms with E-state index < -0.39 is 0 Å². The number of ketones is 1. The van der Waals surface area contributed by atoms with E-state index in [1.807, 2.05) is 26.0 Å². The molecule has 1 rings (SSSR count). The van der Waals surface area contributed by atoms with Gasteiger partial charge in [-0.2, -0.15) is 0 Å². The fourth-order valence-electron chi connectivity index (χ4n) is 2.34. The quantitative estimate of drug-likeness (QED) is 0.463. The van der Waals surface area contributed by atoms with Crippen molar-refractivity contribution in [1.82, 2.24) is 0 Å². The van der Waals surface area contributed by atoms with Crippen LogP contribution in [-0.2, 0) is 27.4 Å². The number of Topliss-reactive ketones (excluding diaryl/α,β-unsaturated/α-hetero) is 1. The molecule has 0 aromatic heterocycles. The topological polar surface area (TPSA) is 43.4 Å². The maximum atomic E-state index is 11.7. The average molecular weight is 318 g/mol. The number of carbonyl (C=O) groups excluding carboxylic acids is 2. The summed E-state index contributed by atoms with van der Waals surface area (Å²) in [7, 11) is 0. The van der Waals surface area contributed by atoms with E-state index in [-0.39, 0.29) is 17.7 Å². The van der Waals surface area contributed by atoms with Crippen LogP contribution in [0.4, 0.5) is 0 Å². The van der Waals surface area contributed by atoms with Crippen LogP contribution in [-0.4, -0.2) is 11.8 Å². The van der Waals surface area contributed by atoms with Crippen LogP contribution >= 0.6 is 0 Å². The Bertz CT molecular complexity index is 486. The molecule has 3 nitrogen and oxygen atoms in total. The van der Waals surface area contributed by atoms with E-state index in [2.05, 4.69) is 26.0 Å². The highest BCUT2D eigenvalue weighted by Gasteiger charge is 2.08. The summed E-state index contributed by atoms with van der Waals surface area (Å²) in [4.78, 5) is 23.2. The lowest BCUT2D eigenvalue weighted by Crippen LogP contribution is -2.08. The summed E-state index contributed by atoms with van der Waals surface area (Å²) in [5.41, 5.74) is 2.32. The number of rotatable bonds is 10. The summed E-state index contributed by atoms with van der Waals surface area (Å²) in [5.74, 6) is 0.801. The van der Waals surface area contributed by atoms with Crippen molar-refractivity contribution in [2.75, 3.05) is 0 Å². The van der Waals surface area contributed by atoms with Crippen molar-refractivity contribution in [3.63, 3.8) is 0 Å². The molecule has 0 aliphatic heterocycles. The molecule has 0 radical (unpaired) electrons. The predicted molar refractivity (Wildman–Crippen MR) is 93.1 cm³/mol. The molecule has 1 aromatic carbocycles. The minimum atomic E-state index is -0.187. The molecule has 128 valence electrons. The standard InChI is InChI=1S/C20H30O3/c1-15(2)13-17-9-11-18(12-10-17)14-23-20(22)8-6-5-7-19(21)16(3)4/h9-12,15-16H,5-8,13-14H2,1-4H3. The molecule has 0 N–H and O–H groups in total. The molecule has 1 aromatic rings. The number of hydrogen-bond acceptors (Lipinski definition) is 3. The first-order valence-electron chi connectivity index (χ1n) is 8.64. The monoisotopic (exact) mass is 318 g/mol. The van der Waals surface area contributed by atoms with Crippen molar-refractivity contribution in [3.8, 4) is 0 Å². The Morgan fingerprint density at radius 1 is 0.913 bits per heavy atom. The molecule has 0 fully saturated rings. The van der Waals surface area contributed by atoms with Crippen LogP contribution < -0.4 is 0 Å². The van der Waals surface area contributed by atoms with Crippen LogP contribution in [0.15, 0.2) is 24.3 Å². The Labute approximate surface area is 140 Å². The van der Waals surface area contributed by atoms with Gasteiger partial charge in [0, 0.05) is 18.8 Å². The van der Waals surface area contributed by atoms with Gasteiger partial charge in [0.25, 0.3) is 0 Å². The maximum absolute atomic E-state index is 11.7. The molecule has 0 aliphatic carbocycles. The smallest absolute Gasteiger partial charge is 0.306 e. The fraction of sp³-hybridized carbons (Fsp3) is 0.600. The minimum absolute atomic E-state index is 0.0839. The normalized spacial score (nSPS) is 11.0. The van der Waals surface area contributed by atoms with Gasteiger partial charge >= 0.3 is 5.97 Å². The minimum Gasteiger partial charge on any atom is -0.461 e. The van der Waals surface area contributed by atoms with Gasteiger partial charge in [0.15, 0.2) is 0 Å². The van der Waals surface area contributed by atoms with E-state index in [0.717, 1.165) is 18.4 Å². The van der Waals surface area contributed by atoms with Crippen molar-refractivity contribution in [2.45, 2.75) is 66.4 Å². The molecule has 3 heteroatoms. The van der Waals surface area contributed by atoms with E-state index in [1.165, 1.54) is 5.56 Å². The fourth-order valence-corrected chi connectivity index (χ4v) is 2.34. The van der Waals surface area contributed by atoms with Gasteiger partial charge in [0.1, 0.15) is 12.4 Å². The second-order valence-electron chi connectivity index (χ2n) is 6.90. The summed E-state index contributed by atoms with van der Waals surface area (Å²) in [6, 6.07) is 8.24. The molecule has 23 heavy (non-hydrogen) atoms. The highest BCUT2D eigenvalue weighted by molar-refractivity contribution is 5.80. The Morgan fingerprint density at radius 3 is 2.04 bits per heavy atom. The maximum Gasteiger partial charge on any atom is 0.306 e. The van der Waals surface area contributed by atoms with Gasteiger partial charge < -0.3 is 4.74 Å². The lowest BCUT2D eigenvalue weighted by molar-refractivity contribution is -0.145. The zero-order valence-corrected chi connectivity index (χ0v) is 14.9. The van der Waals surface area contributed by atoms with Crippen LogP contribution in [0.5, 0.6) is 0 Å². The Morgan fingerprint density at radius 2 is 1.48 bits per heavy atom. The molecule has 0 amide bonds. The van der Waals surface area contributed by atoms with Gasteiger partial charge in [-0.15, -0.1) is 0 Å². The first-order chi connectivity index (χ1) is 10.9. The molecule has 0 spiro atoms. The summed E-state index contributed by atoms with van der Waals surface area (Å²) >= 11 is 0. The van der Waals surface area contributed by atoms with Crippen LogP contribution in [0.3, 0.4) is 0 Å². The van der Waals surface area contributed by atoms with Gasteiger partial charge in [-0.1, -0.05) is 52.0 Å². The van der Waals surface area contributed by atoms with Gasteiger partial charge in [-0.25, -0.2) is 0 Å². The summed E-state index contributed by atoms with van der Waals surface area (Å²) < 4.78 is 5.28. The molecule has 0 aliphatic rings.